The van der Waals surface area contributed by atoms with Gasteiger partial charge in [0.25, 0.3) is 10.0 Å². The topological polar surface area (TPSA) is 72.0 Å². The van der Waals surface area contributed by atoms with E-state index in [1.165, 1.54) is 29.5 Å². The highest BCUT2D eigenvalue weighted by Gasteiger charge is 2.27. The van der Waals surface area contributed by atoms with Crippen molar-refractivity contribution < 1.29 is 21.6 Å². The van der Waals surface area contributed by atoms with Crippen molar-refractivity contribution in [2.75, 3.05) is 4.72 Å². The molecule has 0 radical (unpaired) electrons. The van der Waals surface area contributed by atoms with Gasteiger partial charge in [-0.2, -0.15) is 0 Å². The van der Waals surface area contributed by atoms with Gasteiger partial charge in [-0.3, -0.25) is 9.71 Å². The lowest BCUT2D eigenvalue weighted by molar-refractivity contribution is 0.555. The molecule has 0 bridgehead atoms. The maximum atomic E-state index is 15.6. The Morgan fingerprint density at radius 2 is 1.68 bits per heavy atom. The van der Waals surface area contributed by atoms with Gasteiger partial charge in [-0.1, -0.05) is 26.8 Å². The van der Waals surface area contributed by atoms with E-state index in [0.29, 0.717) is 22.7 Å². The van der Waals surface area contributed by atoms with Crippen molar-refractivity contribution in [3.63, 3.8) is 0 Å². The van der Waals surface area contributed by atoms with Gasteiger partial charge in [-0.25, -0.2) is 26.6 Å². The van der Waals surface area contributed by atoms with Crippen molar-refractivity contribution in [3.8, 4) is 21.7 Å². The molecule has 2 heterocycles. The number of rotatable bonds is 5. The smallest absolute Gasteiger partial charge is 0.265 e. The number of hydrogen-bond donors (Lipinski definition) is 1. The summed E-state index contributed by atoms with van der Waals surface area (Å²) in [4.78, 5) is 8.48. The Hall–Kier alpha value is -3.24. The molecule has 0 unspecified atom stereocenters. The van der Waals surface area contributed by atoms with Crippen LogP contribution in [-0.2, 0) is 15.4 Å². The van der Waals surface area contributed by atoms with Gasteiger partial charge in [0.05, 0.1) is 21.3 Å². The van der Waals surface area contributed by atoms with E-state index in [4.69, 9.17) is 0 Å². The summed E-state index contributed by atoms with van der Waals surface area (Å²) in [5.74, 6) is -2.97. The fourth-order valence-corrected chi connectivity index (χ4v) is 5.49. The van der Waals surface area contributed by atoms with Crippen LogP contribution in [-0.4, -0.2) is 18.4 Å². The second-order valence-corrected chi connectivity index (χ2v) is 11.2. The molecule has 0 amide bonds. The summed E-state index contributed by atoms with van der Waals surface area (Å²) in [6.07, 6.45) is 3.23. The van der Waals surface area contributed by atoms with Crippen molar-refractivity contribution in [1.29, 1.82) is 0 Å². The Labute approximate surface area is 199 Å². The first-order chi connectivity index (χ1) is 16.0. The van der Waals surface area contributed by atoms with Crippen LogP contribution < -0.4 is 4.72 Å². The molecule has 176 valence electrons. The van der Waals surface area contributed by atoms with Crippen molar-refractivity contribution in [2.24, 2.45) is 0 Å². The van der Waals surface area contributed by atoms with E-state index in [1.807, 2.05) is 25.5 Å². The predicted octanol–water partition coefficient (Wildman–Crippen LogP) is 6.39. The molecule has 0 aliphatic heterocycles. The van der Waals surface area contributed by atoms with Crippen molar-refractivity contribution >= 4 is 27.0 Å². The van der Waals surface area contributed by atoms with Crippen molar-refractivity contribution in [1.82, 2.24) is 9.97 Å². The molecular weight excluding hydrogens is 483 g/mol. The van der Waals surface area contributed by atoms with E-state index in [1.54, 1.807) is 24.5 Å². The van der Waals surface area contributed by atoms with E-state index in [0.717, 1.165) is 16.6 Å². The average Bonchev–Trinajstić information content (AvgIpc) is 3.23. The lowest BCUT2D eigenvalue weighted by atomic mass is 9.98. The SMILES string of the molecule is CC(C)(C)c1nc(-c2cccc(NS(=O)(=O)c3cc(F)ccc3F)c2F)c(-c2ccncc2)s1. The second kappa shape index (κ2) is 8.84. The highest BCUT2D eigenvalue weighted by Crippen LogP contribution is 2.42. The van der Waals surface area contributed by atoms with Gasteiger partial charge in [0, 0.05) is 23.4 Å². The summed E-state index contributed by atoms with van der Waals surface area (Å²) < 4.78 is 70.7. The number of nitrogens with one attached hydrogen (secondary N) is 1. The van der Waals surface area contributed by atoms with E-state index < -0.39 is 38.1 Å². The Morgan fingerprint density at radius 3 is 2.35 bits per heavy atom. The maximum absolute atomic E-state index is 15.6. The third-order valence-electron chi connectivity index (χ3n) is 4.89. The van der Waals surface area contributed by atoms with E-state index in [-0.39, 0.29) is 11.0 Å². The first kappa shape index (κ1) is 23.9. The normalized spacial score (nSPS) is 12.1. The maximum Gasteiger partial charge on any atom is 0.265 e. The van der Waals surface area contributed by atoms with Crippen LogP contribution in [0.4, 0.5) is 18.9 Å². The molecule has 4 aromatic rings. The van der Waals surface area contributed by atoms with Gasteiger partial charge in [-0.05, 0) is 48.0 Å². The molecule has 2 aromatic carbocycles. The minimum atomic E-state index is -4.60. The standard InChI is InChI=1S/C24H20F3N3O2S2/c1-24(2,3)23-29-21(22(33-23)14-9-11-28-12-10-14)16-5-4-6-18(20(16)27)30-34(31,32)19-13-15(25)7-8-17(19)26/h4-13,30H,1-3H3. The minimum Gasteiger partial charge on any atom is -0.277 e. The highest BCUT2D eigenvalue weighted by atomic mass is 32.2. The lowest BCUT2D eigenvalue weighted by Gasteiger charge is -2.14. The first-order valence-corrected chi connectivity index (χ1v) is 12.5. The fraction of sp³-hybridized carbons (Fsp3) is 0.167. The van der Waals surface area contributed by atoms with Crippen LogP contribution in [0.1, 0.15) is 25.8 Å². The van der Waals surface area contributed by atoms with Crippen LogP contribution in [0.3, 0.4) is 0 Å². The molecule has 0 spiro atoms. The van der Waals surface area contributed by atoms with Crippen molar-refractivity contribution in [2.45, 2.75) is 31.1 Å². The molecule has 0 fully saturated rings. The molecule has 5 nitrogen and oxygen atoms in total. The van der Waals surface area contributed by atoms with Crippen molar-refractivity contribution in [3.05, 3.63) is 83.4 Å². The Balaban J connectivity index is 1.83. The summed E-state index contributed by atoms with van der Waals surface area (Å²) in [5.41, 5.74) is 0.474. The number of nitrogens with zero attached hydrogens (tertiary/aromatic N) is 2. The number of aromatic nitrogens is 2. The molecule has 0 saturated carbocycles. The molecule has 0 aliphatic carbocycles. The molecule has 2 aromatic heterocycles. The van der Waals surface area contributed by atoms with Gasteiger partial charge >= 0.3 is 0 Å². The number of pyridine rings is 1. The first-order valence-electron chi connectivity index (χ1n) is 10.2. The fourth-order valence-electron chi connectivity index (χ4n) is 3.20. The Bertz CT molecular complexity index is 1460. The largest absolute Gasteiger partial charge is 0.277 e. The number of thiazole rings is 1. The molecule has 34 heavy (non-hydrogen) atoms. The van der Waals surface area contributed by atoms with Crippen LogP contribution in [0.25, 0.3) is 21.7 Å². The van der Waals surface area contributed by atoms with E-state index in [2.05, 4.69) is 9.97 Å². The van der Waals surface area contributed by atoms with Gasteiger partial charge < -0.3 is 0 Å². The molecule has 0 aliphatic rings. The van der Waals surface area contributed by atoms with Gasteiger partial charge in [0.2, 0.25) is 0 Å². The average molecular weight is 504 g/mol. The molecule has 0 atom stereocenters. The molecule has 10 heteroatoms. The third kappa shape index (κ3) is 4.69. The van der Waals surface area contributed by atoms with Crippen LogP contribution in [0.2, 0.25) is 0 Å². The van der Waals surface area contributed by atoms with Crippen LogP contribution >= 0.6 is 11.3 Å². The summed E-state index contributed by atoms with van der Waals surface area (Å²) in [5, 5.41) is 0.765. The summed E-state index contributed by atoms with van der Waals surface area (Å²) in [6.45, 7) is 5.96. The summed E-state index contributed by atoms with van der Waals surface area (Å²) in [7, 11) is -4.60. The second-order valence-electron chi connectivity index (χ2n) is 8.53. The zero-order valence-corrected chi connectivity index (χ0v) is 20.1. The number of sulfonamides is 1. The summed E-state index contributed by atoms with van der Waals surface area (Å²) >= 11 is 1.41. The monoisotopic (exact) mass is 503 g/mol. The molecular formula is C24H20F3N3O2S2. The quantitative estimate of drug-likeness (QED) is 0.343. The molecule has 4 rings (SSSR count). The number of halogens is 3. The van der Waals surface area contributed by atoms with Gasteiger partial charge in [0.1, 0.15) is 16.5 Å². The molecule has 1 N–H and O–H groups in total. The summed E-state index contributed by atoms with van der Waals surface area (Å²) in [6, 6.07) is 9.74. The van der Waals surface area contributed by atoms with Crippen LogP contribution in [0.5, 0.6) is 0 Å². The molecule has 0 saturated heterocycles. The van der Waals surface area contributed by atoms with Crippen LogP contribution in [0, 0.1) is 17.5 Å². The zero-order chi connectivity index (χ0) is 24.7. The van der Waals surface area contributed by atoms with E-state index >= 15 is 4.39 Å². The Kier molecular flexibility index (Phi) is 6.22. The highest BCUT2D eigenvalue weighted by molar-refractivity contribution is 7.92. The Morgan fingerprint density at radius 1 is 0.971 bits per heavy atom. The number of benzene rings is 2. The van der Waals surface area contributed by atoms with Crippen LogP contribution in [0.15, 0.2) is 65.8 Å². The lowest BCUT2D eigenvalue weighted by Crippen LogP contribution is -2.16. The number of hydrogen-bond acceptors (Lipinski definition) is 5. The van der Waals surface area contributed by atoms with Gasteiger partial charge in [0.15, 0.2) is 5.82 Å². The number of anilines is 1. The minimum absolute atomic E-state index is 0.0680. The third-order valence-corrected chi connectivity index (χ3v) is 7.80. The zero-order valence-electron chi connectivity index (χ0n) is 18.4. The predicted molar refractivity (Wildman–Crippen MR) is 127 cm³/mol. The van der Waals surface area contributed by atoms with Gasteiger partial charge in [-0.15, -0.1) is 11.3 Å². The van der Waals surface area contributed by atoms with E-state index in [9.17, 15) is 17.2 Å².